The monoisotopic (exact) mass is 654 g/mol. The summed E-state index contributed by atoms with van der Waals surface area (Å²) in [5.74, 6) is -8.30. The van der Waals surface area contributed by atoms with Crippen molar-refractivity contribution in [2.45, 2.75) is 70.9 Å². The van der Waals surface area contributed by atoms with Gasteiger partial charge < -0.3 is 35.8 Å². The molecule has 14 nitrogen and oxygen atoms in total. The predicted octanol–water partition coefficient (Wildman–Crippen LogP) is 2.10. The molecule has 47 heavy (non-hydrogen) atoms. The van der Waals surface area contributed by atoms with E-state index in [1.165, 1.54) is 18.1 Å². The number of phenolic OH excluding ortho intramolecular Hbond substituents is 1. The Bertz CT molecular complexity index is 1610. The normalized spacial score (nSPS) is 25.9. The van der Waals surface area contributed by atoms with Gasteiger partial charge in [0.1, 0.15) is 29.4 Å². The number of urea groups is 1. The maximum Gasteiger partial charge on any atom is 0.332 e. The first-order valence-corrected chi connectivity index (χ1v) is 16.1. The van der Waals surface area contributed by atoms with Gasteiger partial charge in [0.05, 0.1) is 24.4 Å². The van der Waals surface area contributed by atoms with Crippen LogP contribution in [0, 0.1) is 11.8 Å². The molecular weight excluding hydrogens is 612 g/mol. The van der Waals surface area contributed by atoms with Crippen molar-refractivity contribution < 1.29 is 49.1 Å². The number of nitrogens with zero attached hydrogens (tertiary/aromatic N) is 3. The second kappa shape index (κ2) is 12.6. The molecule has 1 saturated heterocycles. The van der Waals surface area contributed by atoms with E-state index >= 15 is 0 Å². The number of ketones is 2. The molecule has 0 aromatic heterocycles. The van der Waals surface area contributed by atoms with E-state index in [2.05, 4.69) is 0 Å². The van der Waals surface area contributed by atoms with Gasteiger partial charge in [0, 0.05) is 29.7 Å². The van der Waals surface area contributed by atoms with Gasteiger partial charge in [-0.05, 0) is 51.1 Å². The number of aliphatic hydroxyl groups excluding tert-OH is 2. The highest BCUT2D eigenvalue weighted by molar-refractivity contribution is 6.25. The predicted molar refractivity (Wildman–Crippen MR) is 169 cm³/mol. The summed E-state index contributed by atoms with van der Waals surface area (Å²) in [5.41, 5.74) is 1.26. The maximum absolute atomic E-state index is 14.4. The van der Waals surface area contributed by atoms with Crippen LogP contribution in [0.1, 0.15) is 64.0 Å². The number of carbonyl (C=O) groups excluding carboxylic acids is 5. The van der Waals surface area contributed by atoms with Crippen molar-refractivity contribution in [3.05, 3.63) is 34.1 Å². The zero-order chi connectivity index (χ0) is 34.5. The van der Waals surface area contributed by atoms with E-state index in [1.54, 1.807) is 4.90 Å². The smallest absolute Gasteiger partial charge is 0.332 e. The van der Waals surface area contributed by atoms with Crippen molar-refractivity contribution in [3.63, 3.8) is 0 Å². The van der Waals surface area contributed by atoms with Crippen molar-refractivity contribution in [1.82, 2.24) is 9.80 Å². The lowest BCUT2D eigenvalue weighted by molar-refractivity contribution is -0.155. The lowest BCUT2D eigenvalue weighted by atomic mass is 9.57. The third-order valence-corrected chi connectivity index (χ3v) is 9.80. The summed E-state index contributed by atoms with van der Waals surface area (Å²) in [6, 6.07) is -0.506. The van der Waals surface area contributed by atoms with Crippen LogP contribution in [0.3, 0.4) is 0 Å². The highest BCUT2D eigenvalue weighted by Crippen LogP contribution is 2.55. The second-order valence-corrected chi connectivity index (χ2v) is 12.6. The molecule has 0 radical (unpaired) electrons. The molecule has 5 rings (SSSR count). The first-order valence-electron chi connectivity index (χ1n) is 16.1. The van der Waals surface area contributed by atoms with E-state index < -0.39 is 75.7 Å². The number of rotatable bonds is 11. The van der Waals surface area contributed by atoms with Crippen LogP contribution in [0.4, 0.5) is 10.5 Å². The molecule has 254 valence electrons. The molecule has 2 fully saturated rings. The second-order valence-electron chi connectivity index (χ2n) is 12.6. The number of methoxy groups -OCH3 is 1. The number of anilines is 1. The van der Waals surface area contributed by atoms with Crippen molar-refractivity contribution in [2.24, 2.45) is 17.6 Å². The van der Waals surface area contributed by atoms with Crippen LogP contribution >= 0.6 is 0 Å². The van der Waals surface area contributed by atoms with Crippen LogP contribution in [0.2, 0.25) is 0 Å². The Balaban J connectivity index is 1.68. The number of carbonyl (C=O) groups is 5. The molecule has 4 atom stereocenters. The van der Waals surface area contributed by atoms with Crippen LogP contribution in [0.15, 0.2) is 23.0 Å². The Morgan fingerprint density at radius 1 is 1.09 bits per heavy atom. The summed E-state index contributed by atoms with van der Waals surface area (Å²) >= 11 is 0. The largest absolute Gasteiger partial charge is 0.508 e. The van der Waals surface area contributed by atoms with E-state index in [1.807, 2.05) is 20.8 Å². The molecule has 4 aliphatic rings. The fraction of sp³-hybridized carbons (Fsp3) is 0.545. The molecule has 1 saturated carbocycles. The van der Waals surface area contributed by atoms with Crippen LogP contribution < -0.4 is 15.4 Å². The maximum atomic E-state index is 14.4. The average molecular weight is 655 g/mol. The fourth-order valence-corrected chi connectivity index (χ4v) is 7.72. The molecule has 4 amide bonds. The van der Waals surface area contributed by atoms with E-state index in [9.17, 15) is 44.4 Å². The minimum atomic E-state index is -2.79. The molecule has 1 aromatic carbocycles. The molecule has 0 unspecified atom stereocenters. The van der Waals surface area contributed by atoms with E-state index in [-0.39, 0.29) is 47.5 Å². The van der Waals surface area contributed by atoms with Crippen LogP contribution in [-0.4, -0.2) is 105 Å². The quantitative estimate of drug-likeness (QED) is 0.172. The third-order valence-electron chi connectivity index (χ3n) is 9.80. The van der Waals surface area contributed by atoms with Crippen molar-refractivity contribution in [1.29, 1.82) is 0 Å². The van der Waals surface area contributed by atoms with E-state index in [0.29, 0.717) is 38.9 Å². The van der Waals surface area contributed by atoms with Gasteiger partial charge in [-0.1, -0.05) is 27.2 Å². The van der Waals surface area contributed by atoms with Gasteiger partial charge in [-0.2, -0.15) is 0 Å². The van der Waals surface area contributed by atoms with E-state index in [4.69, 9.17) is 10.5 Å². The van der Waals surface area contributed by atoms with Gasteiger partial charge in [-0.3, -0.25) is 24.1 Å². The number of benzene rings is 1. The fourth-order valence-electron chi connectivity index (χ4n) is 7.72. The van der Waals surface area contributed by atoms with Gasteiger partial charge in [-0.15, -0.1) is 0 Å². The topological polar surface area (TPSA) is 211 Å². The van der Waals surface area contributed by atoms with Crippen LogP contribution in [-0.2, 0) is 25.6 Å². The van der Waals surface area contributed by atoms with Gasteiger partial charge in [-0.25, -0.2) is 9.69 Å². The number of fused-ring (bicyclic) bond motifs is 3. The third kappa shape index (κ3) is 5.05. The number of hydrogen-bond acceptors (Lipinski definition) is 11. The van der Waals surface area contributed by atoms with Crippen molar-refractivity contribution in [3.8, 4) is 11.5 Å². The van der Waals surface area contributed by atoms with Crippen molar-refractivity contribution in [2.75, 3.05) is 38.2 Å². The molecule has 0 spiro atoms. The standard InChI is InChI=1S/C33H42N4O10/c1-5-8-11-36-15-21(38)37(32(36)45)19-14-20(47-4)17-12-16-13-18-25(35(9-6-2)10-7-3)28(41)24(31(34)44)30(43)33(18,46)29(42)22(16)27(40)23(17)26(19)39/h14,16,18,25,39-40,43,46H,5-13,15H2,1-4H3,(H2,34,44)/t16-,18-,25-,33-/m0/s1. The zero-order valence-corrected chi connectivity index (χ0v) is 27.0. The molecule has 3 aliphatic carbocycles. The number of Topliss-reactive ketones (excluding diaryl/α,β-unsaturated/α-hetero) is 2. The number of hydrogen-bond donors (Lipinski definition) is 5. The molecule has 1 heterocycles. The summed E-state index contributed by atoms with van der Waals surface area (Å²) in [4.78, 5) is 70.8. The molecule has 0 bridgehead atoms. The molecule has 1 aromatic rings. The van der Waals surface area contributed by atoms with Crippen molar-refractivity contribution >= 4 is 40.9 Å². The number of nitrogens with two attached hydrogens (primary N) is 1. The number of amides is 4. The summed E-state index contributed by atoms with van der Waals surface area (Å²) in [7, 11) is 1.34. The highest BCUT2D eigenvalue weighted by Gasteiger charge is 2.64. The Hall–Kier alpha value is -4.43. The van der Waals surface area contributed by atoms with Gasteiger partial charge in [0.15, 0.2) is 17.1 Å². The minimum absolute atomic E-state index is 0.00416. The number of imide groups is 1. The van der Waals surface area contributed by atoms with E-state index in [0.717, 1.165) is 11.3 Å². The first kappa shape index (κ1) is 33.9. The molecule has 14 heteroatoms. The van der Waals surface area contributed by atoms with Crippen LogP contribution in [0.25, 0.3) is 5.76 Å². The van der Waals surface area contributed by atoms with Gasteiger partial charge in [0.2, 0.25) is 5.78 Å². The number of primary amides is 1. The Kier molecular flexibility index (Phi) is 9.12. The summed E-state index contributed by atoms with van der Waals surface area (Å²) in [6.45, 7) is 6.64. The summed E-state index contributed by atoms with van der Waals surface area (Å²) < 4.78 is 5.61. The average Bonchev–Trinajstić information content (AvgIpc) is 3.30. The number of unbranched alkanes of at least 4 members (excludes halogenated alkanes) is 1. The molecule has 6 N–H and O–H groups in total. The Morgan fingerprint density at radius 2 is 1.74 bits per heavy atom. The number of aromatic hydroxyl groups is 1. The lowest BCUT2D eigenvalue weighted by Crippen LogP contribution is -2.66. The Labute approximate surface area is 272 Å². The zero-order valence-electron chi connectivity index (χ0n) is 27.0. The first-order chi connectivity index (χ1) is 22.3. The summed E-state index contributed by atoms with van der Waals surface area (Å²) in [5, 5.41) is 46.6. The lowest BCUT2D eigenvalue weighted by Gasteiger charge is -2.51. The number of aliphatic hydroxyl groups is 3. The Morgan fingerprint density at radius 3 is 2.32 bits per heavy atom. The minimum Gasteiger partial charge on any atom is -0.508 e. The number of phenols is 1. The summed E-state index contributed by atoms with van der Waals surface area (Å²) in [6.07, 6.45) is 2.61. The van der Waals surface area contributed by atoms with Gasteiger partial charge >= 0.3 is 6.03 Å². The van der Waals surface area contributed by atoms with Gasteiger partial charge in [0.25, 0.3) is 11.8 Å². The molecular formula is C33H42N4O10. The SMILES string of the molecule is CCCCN1CC(=O)N(c2cc(OC)c3c(c2O)C(O)=C2C(=O)[C@]4(O)C(O)=C(C(N)=O)C(=O)[C@@H](N(CCC)CCC)[C@@H]4C[C@@H]2C3)C1=O. The number of ether oxygens (including phenoxy) is 1. The highest BCUT2D eigenvalue weighted by atomic mass is 16.5. The molecule has 1 aliphatic heterocycles. The van der Waals surface area contributed by atoms with Crippen LogP contribution in [0.5, 0.6) is 11.5 Å².